The molecule has 2 aromatic heterocycles. The van der Waals surface area contributed by atoms with Gasteiger partial charge in [-0.25, -0.2) is 0 Å². The molecule has 0 amide bonds. The van der Waals surface area contributed by atoms with Gasteiger partial charge in [0, 0.05) is 46.1 Å². The third-order valence-corrected chi connectivity index (χ3v) is 4.72. The molecule has 0 unspecified atom stereocenters. The number of aryl methyl sites for hydroxylation is 1. The van der Waals surface area contributed by atoms with Crippen molar-refractivity contribution in [3.8, 4) is 0 Å². The van der Waals surface area contributed by atoms with Gasteiger partial charge in [0.25, 0.3) is 5.56 Å². The van der Waals surface area contributed by atoms with Crippen LogP contribution in [0.3, 0.4) is 0 Å². The Kier molecular flexibility index (Phi) is 4.40. The molecule has 0 atom stereocenters. The van der Waals surface area contributed by atoms with Crippen molar-refractivity contribution in [1.29, 1.82) is 0 Å². The highest BCUT2D eigenvalue weighted by Crippen LogP contribution is 2.29. The smallest absolute Gasteiger partial charge is 0.303 e. The number of rotatable bonds is 6. The van der Waals surface area contributed by atoms with Gasteiger partial charge in [0.15, 0.2) is 0 Å². The summed E-state index contributed by atoms with van der Waals surface area (Å²) in [6.45, 7) is 0.595. The molecule has 23 heavy (non-hydrogen) atoms. The molecule has 3 aromatic rings. The standard InChI is InChI=1S/C16H17N3O3S/c17-5-6-23-10-2-3-12-11(7-10)14-9(1-4-13(20)21)8-18-15(14)16(22)19-12/h2-3,7-8,18H,1,4-6,17H2,(H,19,22)(H,20,21). The zero-order chi connectivity index (χ0) is 16.4. The SMILES string of the molecule is NCCSc1ccc2[nH]c(=O)c3[nH]cc(CCC(=O)O)c3c2c1. The van der Waals surface area contributed by atoms with E-state index in [9.17, 15) is 9.59 Å². The summed E-state index contributed by atoms with van der Waals surface area (Å²) in [4.78, 5) is 29.9. The minimum absolute atomic E-state index is 0.0306. The first kappa shape index (κ1) is 15.6. The van der Waals surface area contributed by atoms with Crippen LogP contribution in [0.15, 0.2) is 34.1 Å². The van der Waals surface area contributed by atoms with Crippen LogP contribution in [0, 0.1) is 0 Å². The minimum atomic E-state index is -0.854. The Morgan fingerprint density at radius 3 is 2.91 bits per heavy atom. The summed E-state index contributed by atoms with van der Waals surface area (Å²) < 4.78 is 0. The predicted molar refractivity (Wildman–Crippen MR) is 92.2 cm³/mol. The maximum absolute atomic E-state index is 12.2. The molecule has 0 aliphatic carbocycles. The normalized spacial score (nSPS) is 11.3. The van der Waals surface area contributed by atoms with E-state index < -0.39 is 5.97 Å². The molecular weight excluding hydrogens is 314 g/mol. The molecule has 1 aromatic carbocycles. The molecule has 6 nitrogen and oxygen atoms in total. The number of carboxylic acid groups (broad SMARTS) is 1. The second kappa shape index (κ2) is 6.47. The first-order chi connectivity index (χ1) is 11.1. The molecule has 5 N–H and O–H groups in total. The summed E-state index contributed by atoms with van der Waals surface area (Å²) in [6.07, 6.45) is 2.14. The number of pyridine rings is 1. The van der Waals surface area contributed by atoms with E-state index in [-0.39, 0.29) is 12.0 Å². The molecule has 0 aliphatic heterocycles. The maximum atomic E-state index is 12.2. The van der Waals surface area contributed by atoms with E-state index in [0.29, 0.717) is 18.5 Å². The van der Waals surface area contributed by atoms with Gasteiger partial charge in [-0.3, -0.25) is 9.59 Å². The average molecular weight is 331 g/mol. The summed E-state index contributed by atoms with van der Waals surface area (Å²) in [5.41, 5.74) is 7.43. The highest BCUT2D eigenvalue weighted by atomic mass is 32.2. The molecule has 7 heteroatoms. The second-order valence-corrected chi connectivity index (χ2v) is 6.42. The van der Waals surface area contributed by atoms with Gasteiger partial charge in [0.1, 0.15) is 5.52 Å². The molecule has 0 aliphatic rings. The van der Waals surface area contributed by atoms with Crippen LogP contribution in [-0.4, -0.2) is 33.3 Å². The fraction of sp³-hybridized carbons (Fsp3) is 0.250. The van der Waals surface area contributed by atoms with Crippen LogP contribution in [0.4, 0.5) is 0 Å². The van der Waals surface area contributed by atoms with Crippen molar-refractivity contribution >= 4 is 39.5 Å². The molecule has 3 rings (SSSR count). The Labute approximate surface area is 136 Å². The zero-order valence-corrected chi connectivity index (χ0v) is 13.2. The number of nitrogens with two attached hydrogens (primary N) is 1. The Balaban J connectivity index is 2.18. The van der Waals surface area contributed by atoms with Crippen molar-refractivity contribution in [3.05, 3.63) is 40.3 Å². The van der Waals surface area contributed by atoms with Gasteiger partial charge < -0.3 is 20.8 Å². The number of thioether (sulfide) groups is 1. The monoisotopic (exact) mass is 331 g/mol. The molecule has 0 spiro atoms. The molecule has 120 valence electrons. The van der Waals surface area contributed by atoms with Gasteiger partial charge in [0.2, 0.25) is 0 Å². The number of hydrogen-bond donors (Lipinski definition) is 4. The number of aromatic amines is 2. The molecule has 0 saturated carbocycles. The van der Waals surface area contributed by atoms with Gasteiger partial charge in [-0.05, 0) is 30.2 Å². The first-order valence-corrected chi connectivity index (χ1v) is 8.29. The van der Waals surface area contributed by atoms with E-state index in [1.165, 1.54) is 0 Å². The number of hydrogen-bond acceptors (Lipinski definition) is 4. The van der Waals surface area contributed by atoms with Crippen molar-refractivity contribution in [3.63, 3.8) is 0 Å². The lowest BCUT2D eigenvalue weighted by Crippen LogP contribution is -2.06. The number of fused-ring (bicyclic) bond motifs is 3. The van der Waals surface area contributed by atoms with E-state index in [1.807, 2.05) is 18.2 Å². The number of carbonyl (C=O) groups is 1. The highest BCUT2D eigenvalue weighted by molar-refractivity contribution is 7.99. The number of nitrogens with one attached hydrogen (secondary N) is 2. The number of H-pyrrole nitrogens is 2. The fourth-order valence-corrected chi connectivity index (χ4v) is 3.40. The Bertz CT molecular complexity index is 929. The average Bonchev–Trinajstić information content (AvgIpc) is 2.96. The number of carboxylic acids is 1. The van der Waals surface area contributed by atoms with E-state index in [1.54, 1.807) is 18.0 Å². The van der Waals surface area contributed by atoms with Crippen LogP contribution in [0.2, 0.25) is 0 Å². The van der Waals surface area contributed by atoms with Crippen molar-refractivity contribution in [2.24, 2.45) is 5.73 Å². The van der Waals surface area contributed by atoms with Crippen LogP contribution in [0.5, 0.6) is 0 Å². The van der Waals surface area contributed by atoms with Gasteiger partial charge >= 0.3 is 5.97 Å². The van der Waals surface area contributed by atoms with E-state index in [2.05, 4.69) is 9.97 Å². The molecular formula is C16H17N3O3S. The van der Waals surface area contributed by atoms with Gasteiger partial charge in [-0.15, -0.1) is 11.8 Å². The maximum Gasteiger partial charge on any atom is 0.303 e. The lowest BCUT2D eigenvalue weighted by atomic mass is 10.0. The summed E-state index contributed by atoms with van der Waals surface area (Å²) in [7, 11) is 0. The first-order valence-electron chi connectivity index (χ1n) is 7.31. The van der Waals surface area contributed by atoms with Gasteiger partial charge in [0.05, 0.1) is 0 Å². The van der Waals surface area contributed by atoms with E-state index in [0.717, 1.165) is 32.5 Å². The fourth-order valence-electron chi connectivity index (χ4n) is 2.68. The largest absolute Gasteiger partial charge is 0.481 e. The summed E-state index contributed by atoms with van der Waals surface area (Å²) >= 11 is 1.65. The zero-order valence-electron chi connectivity index (χ0n) is 12.4. The van der Waals surface area contributed by atoms with Crippen LogP contribution >= 0.6 is 11.8 Å². The van der Waals surface area contributed by atoms with Crippen molar-refractivity contribution < 1.29 is 9.90 Å². The highest BCUT2D eigenvalue weighted by Gasteiger charge is 2.13. The Hall–Kier alpha value is -2.25. The summed E-state index contributed by atoms with van der Waals surface area (Å²) in [5, 5.41) is 10.6. The molecule has 0 fully saturated rings. The van der Waals surface area contributed by atoms with Crippen LogP contribution in [-0.2, 0) is 11.2 Å². The number of benzene rings is 1. The quantitative estimate of drug-likeness (QED) is 0.517. The van der Waals surface area contributed by atoms with E-state index in [4.69, 9.17) is 10.8 Å². The summed E-state index contributed by atoms with van der Waals surface area (Å²) in [5.74, 6) is -0.0375. The van der Waals surface area contributed by atoms with Crippen LogP contribution < -0.4 is 11.3 Å². The topological polar surface area (TPSA) is 112 Å². The lowest BCUT2D eigenvalue weighted by Gasteiger charge is -2.06. The predicted octanol–water partition coefficient (Wildman–Crippen LogP) is 2.08. The second-order valence-electron chi connectivity index (χ2n) is 5.26. The lowest BCUT2D eigenvalue weighted by molar-refractivity contribution is -0.136. The van der Waals surface area contributed by atoms with Gasteiger partial charge in [-0.2, -0.15) is 0 Å². The number of aromatic nitrogens is 2. The third-order valence-electron chi connectivity index (χ3n) is 3.69. The molecule has 0 radical (unpaired) electrons. The van der Waals surface area contributed by atoms with Crippen LogP contribution in [0.1, 0.15) is 12.0 Å². The molecule has 0 bridgehead atoms. The van der Waals surface area contributed by atoms with Crippen molar-refractivity contribution in [2.45, 2.75) is 17.7 Å². The minimum Gasteiger partial charge on any atom is -0.481 e. The third kappa shape index (κ3) is 3.11. The Morgan fingerprint density at radius 1 is 1.35 bits per heavy atom. The van der Waals surface area contributed by atoms with Gasteiger partial charge in [-0.1, -0.05) is 0 Å². The Morgan fingerprint density at radius 2 is 2.17 bits per heavy atom. The van der Waals surface area contributed by atoms with Crippen LogP contribution in [0.25, 0.3) is 21.8 Å². The molecule has 0 saturated heterocycles. The van der Waals surface area contributed by atoms with Crippen molar-refractivity contribution in [1.82, 2.24) is 9.97 Å². The summed E-state index contributed by atoms with van der Waals surface area (Å²) in [6, 6.07) is 5.85. The number of aliphatic carboxylic acids is 1. The van der Waals surface area contributed by atoms with E-state index >= 15 is 0 Å². The molecule has 2 heterocycles. The van der Waals surface area contributed by atoms with Crippen molar-refractivity contribution in [2.75, 3.05) is 12.3 Å².